The van der Waals surface area contributed by atoms with E-state index in [2.05, 4.69) is 5.32 Å². The number of rotatable bonds is 12. The maximum absolute atomic E-state index is 14.3. The van der Waals surface area contributed by atoms with Crippen LogP contribution >= 0.6 is 34.8 Å². The Morgan fingerprint density at radius 2 is 1.60 bits per heavy atom. The third-order valence-corrected chi connectivity index (χ3v) is 9.61. The number of anilines is 1. The molecular weight excluding hydrogens is 633 g/mol. The number of halogens is 3. The zero-order valence-electron chi connectivity index (χ0n) is 23.9. The van der Waals surface area contributed by atoms with Crippen molar-refractivity contribution in [2.75, 3.05) is 24.2 Å². The van der Waals surface area contributed by atoms with Crippen molar-refractivity contribution in [2.24, 2.45) is 0 Å². The molecular formula is C31H34Cl3N3O5S. The van der Waals surface area contributed by atoms with Gasteiger partial charge in [-0.2, -0.15) is 0 Å². The molecule has 1 N–H and O–H groups in total. The van der Waals surface area contributed by atoms with Gasteiger partial charge in [0.05, 0.1) is 24.1 Å². The first-order chi connectivity index (χ1) is 20.5. The van der Waals surface area contributed by atoms with Crippen LogP contribution in [-0.2, 0) is 32.6 Å². The van der Waals surface area contributed by atoms with Crippen LogP contribution in [0.4, 0.5) is 5.69 Å². The maximum atomic E-state index is 14.3. The Bertz CT molecular complexity index is 1530. The van der Waals surface area contributed by atoms with Crippen molar-refractivity contribution in [1.29, 1.82) is 0 Å². The van der Waals surface area contributed by atoms with E-state index >= 15 is 0 Å². The topological polar surface area (TPSA) is 96.0 Å². The van der Waals surface area contributed by atoms with E-state index in [4.69, 9.17) is 39.5 Å². The van der Waals surface area contributed by atoms with Crippen LogP contribution in [0.3, 0.4) is 0 Å². The quantitative estimate of drug-likeness (QED) is 0.251. The fourth-order valence-corrected chi connectivity index (χ4v) is 6.81. The minimum absolute atomic E-state index is 0.000542. The number of benzene rings is 3. The van der Waals surface area contributed by atoms with Crippen LogP contribution in [0.1, 0.15) is 36.8 Å². The molecule has 3 aromatic carbocycles. The summed E-state index contributed by atoms with van der Waals surface area (Å²) in [4.78, 5) is 29.6. The first kappa shape index (κ1) is 32.9. The van der Waals surface area contributed by atoms with Gasteiger partial charge in [0.15, 0.2) is 0 Å². The van der Waals surface area contributed by atoms with Crippen LogP contribution in [-0.4, -0.2) is 57.1 Å². The predicted molar refractivity (Wildman–Crippen MR) is 172 cm³/mol. The molecule has 43 heavy (non-hydrogen) atoms. The fourth-order valence-electron chi connectivity index (χ4n) is 5.20. The highest BCUT2D eigenvalue weighted by Gasteiger charge is 2.35. The van der Waals surface area contributed by atoms with Crippen LogP contribution in [0.25, 0.3) is 0 Å². The Morgan fingerprint density at radius 1 is 0.953 bits per heavy atom. The number of amides is 2. The van der Waals surface area contributed by atoms with Crippen molar-refractivity contribution in [3.05, 3.63) is 92.9 Å². The van der Waals surface area contributed by atoms with E-state index in [0.717, 1.165) is 41.8 Å². The van der Waals surface area contributed by atoms with Gasteiger partial charge in [-0.05, 0) is 48.7 Å². The molecule has 230 valence electrons. The van der Waals surface area contributed by atoms with E-state index in [9.17, 15) is 18.0 Å². The van der Waals surface area contributed by atoms with E-state index in [1.165, 1.54) is 30.2 Å². The van der Waals surface area contributed by atoms with Crippen molar-refractivity contribution in [3.8, 4) is 5.75 Å². The number of hydrogen-bond acceptors (Lipinski definition) is 5. The van der Waals surface area contributed by atoms with Crippen LogP contribution in [0.15, 0.2) is 66.7 Å². The number of nitrogens with zero attached hydrogens (tertiary/aromatic N) is 2. The molecule has 0 heterocycles. The molecule has 0 spiro atoms. The zero-order chi connectivity index (χ0) is 31.1. The molecule has 0 aromatic heterocycles. The molecule has 0 aliphatic heterocycles. The number of nitrogens with one attached hydrogen (secondary N) is 1. The molecule has 0 radical (unpaired) electrons. The second-order valence-electron chi connectivity index (χ2n) is 10.5. The van der Waals surface area contributed by atoms with Gasteiger partial charge in [0.25, 0.3) is 0 Å². The molecule has 3 aromatic rings. The van der Waals surface area contributed by atoms with Crippen molar-refractivity contribution < 1.29 is 22.7 Å². The molecule has 1 aliphatic rings. The average Bonchev–Trinajstić information content (AvgIpc) is 3.47. The molecule has 0 bridgehead atoms. The average molecular weight is 667 g/mol. The van der Waals surface area contributed by atoms with Crippen LogP contribution < -0.4 is 14.4 Å². The van der Waals surface area contributed by atoms with Crippen molar-refractivity contribution >= 4 is 62.3 Å². The van der Waals surface area contributed by atoms with E-state index in [0.29, 0.717) is 21.4 Å². The molecule has 8 nitrogen and oxygen atoms in total. The number of carbonyl (C=O) groups is 2. The standard InChI is InChI=1S/C31H34Cl3N3O5S/c1-42-29-16-15-23(18-27(29)34)37(43(2,40)41)20-30(38)36(19-24-25(32)13-8-14-26(24)33)28(17-21-9-4-3-5-10-21)31(39)35-22-11-6-7-12-22/h3-5,8-10,13-16,18,22,28H,6-7,11-12,17,19-20H2,1-2H3,(H,35,39)/t28-/m0/s1. The molecule has 2 amide bonds. The summed E-state index contributed by atoms with van der Waals surface area (Å²) in [5, 5.41) is 3.94. The zero-order valence-corrected chi connectivity index (χ0v) is 27.0. The summed E-state index contributed by atoms with van der Waals surface area (Å²) in [7, 11) is -2.52. The minimum Gasteiger partial charge on any atom is -0.495 e. The van der Waals surface area contributed by atoms with Crippen molar-refractivity contribution in [3.63, 3.8) is 0 Å². The SMILES string of the molecule is COc1ccc(N(CC(=O)N(Cc2c(Cl)cccc2Cl)[C@@H](Cc2ccccc2)C(=O)NC2CCCC2)S(C)(=O)=O)cc1Cl. The van der Waals surface area contributed by atoms with Gasteiger partial charge < -0.3 is 15.0 Å². The Kier molecular flexibility index (Phi) is 11.2. The smallest absolute Gasteiger partial charge is 0.244 e. The number of carbonyl (C=O) groups excluding carboxylic acids is 2. The summed E-state index contributed by atoms with van der Waals surface area (Å²) in [5.41, 5.74) is 1.45. The Hall–Kier alpha value is -2.98. The third kappa shape index (κ3) is 8.56. The maximum Gasteiger partial charge on any atom is 0.244 e. The number of sulfonamides is 1. The third-order valence-electron chi connectivity index (χ3n) is 7.47. The molecule has 1 atom stereocenters. The number of ether oxygens (including phenoxy) is 1. The summed E-state index contributed by atoms with van der Waals surface area (Å²) in [6.45, 7) is -0.709. The summed E-state index contributed by atoms with van der Waals surface area (Å²) in [5.74, 6) is -0.590. The van der Waals surface area contributed by atoms with Gasteiger partial charge in [-0.3, -0.25) is 13.9 Å². The first-order valence-corrected chi connectivity index (χ1v) is 16.8. The monoisotopic (exact) mass is 665 g/mol. The van der Waals surface area contributed by atoms with E-state index in [1.807, 2.05) is 30.3 Å². The molecule has 1 saturated carbocycles. The lowest BCUT2D eigenvalue weighted by atomic mass is 10.0. The molecule has 12 heteroatoms. The van der Waals surface area contributed by atoms with Crippen LogP contribution in [0, 0.1) is 0 Å². The fraction of sp³-hybridized carbons (Fsp3) is 0.355. The van der Waals surface area contributed by atoms with E-state index < -0.39 is 28.5 Å². The lowest BCUT2D eigenvalue weighted by Gasteiger charge is -2.34. The highest BCUT2D eigenvalue weighted by atomic mass is 35.5. The highest BCUT2D eigenvalue weighted by Crippen LogP contribution is 2.31. The normalized spacial score (nSPS) is 14.3. The van der Waals surface area contributed by atoms with Gasteiger partial charge >= 0.3 is 0 Å². The van der Waals surface area contributed by atoms with Crippen molar-refractivity contribution in [2.45, 2.75) is 50.7 Å². The van der Waals surface area contributed by atoms with Crippen molar-refractivity contribution in [1.82, 2.24) is 10.2 Å². The Labute approximate surface area is 267 Å². The second kappa shape index (κ2) is 14.7. The summed E-state index contributed by atoms with van der Waals surface area (Å²) < 4.78 is 32.2. The van der Waals surface area contributed by atoms with E-state index in [-0.39, 0.29) is 35.6 Å². The molecule has 4 rings (SSSR count). The second-order valence-corrected chi connectivity index (χ2v) is 13.6. The predicted octanol–water partition coefficient (Wildman–Crippen LogP) is 6.12. The summed E-state index contributed by atoms with van der Waals surface area (Å²) in [6, 6.07) is 17.8. The molecule has 0 saturated heterocycles. The van der Waals surface area contributed by atoms with Gasteiger partial charge in [-0.25, -0.2) is 8.42 Å². The Balaban J connectivity index is 1.77. The molecule has 1 fully saturated rings. The van der Waals surface area contributed by atoms with Gasteiger partial charge in [0.1, 0.15) is 18.3 Å². The largest absolute Gasteiger partial charge is 0.495 e. The van der Waals surface area contributed by atoms with E-state index in [1.54, 1.807) is 18.2 Å². The van der Waals surface area contributed by atoms with Gasteiger partial charge in [0.2, 0.25) is 21.8 Å². The van der Waals surface area contributed by atoms with Gasteiger partial charge in [0, 0.05) is 34.6 Å². The number of methoxy groups -OCH3 is 1. The first-order valence-electron chi connectivity index (χ1n) is 13.9. The highest BCUT2D eigenvalue weighted by molar-refractivity contribution is 7.92. The van der Waals surface area contributed by atoms with Gasteiger partial charge in [-0.15, -0.1) is 0 Å². The molecule has 1 aliphatic carbocycles. The number of hydrogen-bond donors (Lipinski definition) is 1. The molecule has 0 unspecified atom stereocenters. The summed E-state index contributed by atoms with van der Waals surface area (Å²) >= 11 is 19.4. The lowest BCUT2D eigenvalue weighted by molar-refractivity contribution is -0.140. The summed E-state index contributed by atoms with van der Waals surface area (Å²) in [6.07, 6.45) is 4.94. The van der Waals surface area contributed by atoms with Gasteiger partial charge in [-0.1, -0.05) is 84.0 Å². The van der Waals surface area contributed by atoms with Crippen LogP contribution in [0.2, 0.25) is 15.1 Å². The lowest BCUT2D eigenvalue weighted by Crippen LogP contribution is -2.54. The Morgan fingerprint density at radius 3 is 2.19 bits per heavy atom. The van der Waals surface area contributed by atoms with Crippen LogP contribution in [0.5, 0.6) is 5.75 Å². The minimum atomic E-state index is -3.96.